The van der Waals surface area contributed by atoms with Gasteiger partial charge in [-0.2, -0.15) is 0 Å². The molecule has 1 amide bonds. The summed E-state index contributed by atoms with van der Waals surface area (Å²) in [6.07, 6.45) is 1.20. The Morgan fingerprint density at radius 1 is 1.17 bits per heavy atom. The summed E-state index contributed by atoms with van der Waals surface area (Å²) in [6.45, 7) is 6.97. The zero-order valence-electron chi connectivity index (χ0n) is 23.9. The van der Waals surface area contributed by atoms with Crippen LogP contribution >= 0.6 is 0 Å². The summed E-state index contributed by atoms with van der Waals surface area (Å²) in [4.78, 5) is 46.0. The Hall–Kier alpha value is -5.07. The number of methoxy groups -OCH3 is 1. The Kier molecular flexibility index (Phi) is 7.50. The van der Waals surface area contributed by atoms with Crippen LogP contribution in [0.1, 0.15) is 47.8 Å². The maximum atomic E-state index is 13.9. The number of nitrogens with one attached hydrogen (secondary N) is 2. The highest BCUT2D eigenvalue weighted by molar-refractivity contribution is 6.31. The molecular formula is C33H30N2O7. The number of aromatic hydroxyl groups is 1. The monoisotopic (exact) mass is 566 g/mol. The standard InChI is InChI=1S/C33H30N2O7/c1-6-7-14-41-35-19(3)27-23(36)16-26-33(4,31(27)38)29-24(37)15-25(40-5)28(30(29)42-26)32(39)34-17-22-18(2)12-13-20-10-8-9-11-21(20)22/h8-13,15-16,35,37H,14,17H2,1-5H3,(H,34,39)/t33-/m1/s1. The number of aryl methyl sites for hydroxylation is 1. The first-order valence-corrected chi connectivity index (χ1v) is 13.3. The van der Waals surface area contributed by atoms with E-state index < -0.39 is 22.9 Å². The van der Waals surface area contributed by atoms with Crippen LogP contribution in [0.5, 0.6) is 17.2 Å². The van der Waals surface area contributed by atoms with Gasteiger partial charge in [0.15, 0.2) is 17.3 Å². The van der Waals surface area contributed by atoms with E-state index in [0.717, 1.165) is 21.9 Å². The van der Waals surface area contributed by atoms with E-state index in [2.05, 4.69) is 22.6 Å². The number of ether oxygens (including phenoxy) is 2. The van der Waals surface area contributed by atoms with Crippen molar-refractivity contribution in [1.82, 2.24) is 10.8 Å². The number of Topliss-reactive ketones (excluding diaryl/α,β-unsaturated/α-hetero) is 1. The summed E-state index contributed by atoms with van der Waals surface area (Å²) in [5.41, 5.74) is 3.08. The van der Waals surface area contributed by atoms with Crippen molar-refractivity contribution in [2.24, 2.45) is 0 Å². The highest BCUT2D eigenvalue weighted by Gasteiger charge is 2.56. The van der Waals surface area contributed by atoms with Crippen molar-refractivity contribution in [2.75, 3.05) is 13.7 Å². The normalized spacial score (nSPS) is 18.3. The number of hydrogen-bond donors (Lipinski definition) is 3. The molecule has 9 nitrogen and oxygen atoms in total. The number of hydroxylamine groups is 1. The molecule has 9 heteroatoms. The third kappa shape index (κ3) is 4.56. The SMILES string of the molecule is CC#CCONC(C)=C1C(=O)C=C2Oc3c(C(=O)NCc4c(C)ccc5ccccc45)c(OC)cc(O)c3[C@]2(C)C1=O. The van der Waals surface area contributed by atoms with Crippen LogP contribution in [0.25, 0.3) is 10.8 Å². The molecule has 0 radical (unpaired) electrons. The van der Waals surface area contributed by atoms with E-state index in [4.69, 9.17) is 14.3 Å². The number of phenolic OH excluding ortho intramolecular Hbond substituents is 1. The smallest absolute Gasteiger partial charge is 0.259 e. The van der Waals surface area contributed by atoms with Crippen molar-refractivity contribution in [3.63, 3.8) is 0 Å². The molecule has 1 atom stereocenters. The number of amides is 1. The first kappa shape index (κ1) is 28.5. The van der Waals surface area contributed by atoms with Gasteiger partial charge < -0.3 is 19.9 Å². The number of carbonyl (C=O) groups is 3. The number of allylic oxidation sites excluding steroid dienone is 4. The van der Waals surface area contributed by atoms with Crippen molar-refractivity contribution in [3.05, 3.63) is 87.8 Å². The van der Waals surface area contributed by atoms with Crippen LogP contribution in [0.3, 0.4) is 0 Å². The maximum absolute atomic E-state index is 13.9. The number of fused-ring (bicyclic) bond motifs is 4. The summed E-state index contributed by atoms with van der Waals surface area (Å²) < 4.78 is 11.5. The lowest BCUT2D eigenvalue weighted by Crippen LogP contribution is -2.41. The molecule has 1 aliphatic heterocycles. The Morgan fingerprint density at radius 3 is 2.67 bits per heavy atom. The number of phenols is 1. The van der Waals surface area contributed by atoms with Crippen molar-refractivity contribution in [1.29, 1.82) is 0 Å². The van der Waals surface area contributed by atoms with Gasteiger partial charge in [-0.25, -0.2) is 0 Å². The molecule has 0 fully saturated rings. The molecule has 0 saturated heterocycles. The molecule has 3 N–H and O–H groups in total. The number of carbonyl (C=O) groups excluding carboxylic acids is 3. The lowest BCUT2D eigenvalue weighted by atomic mass is 9.70. The second-order valence-corrected chi connectivity index (χ2v) is 10.2. The number of rotatable bonds is 7. The molecule has 5 rings (SSSR count). The van der Waals surface area contributed by atoms with Crippen LogP contribution in [0, 0.1) is 18.8 Å². The number of benzene rings is 3. The summed E-state index contributed by atoms with van der Waals surface area (Å²) in [5, 5.41) is 16.1. The first-order valence-electron chi connectivity index (χ1n) is 13.3. The zero-order chi connectivity index (χ0) is 30.2. The quantitative estimate of drug-likeness (QED) is 0.127. The van der Waals surface area contributed by atoms with E-state index in [1.807, 2.05) is 43.3 Å². The lowest BCUT2D eigenvalue weighted by Gasteiger charge is -2.28. The highest BCUT2D eigenvalue weighted by Crippen LogP contribution is 2.56. The lowest BCUT2D eigenvalue weighted by molar-refractivity contribution is -0.123. The summed E-state index contributed by atoms with van der Waals surface area (Å²) >= 11 is 0. The minimum atomic E-state index is -1.58. The van der Waals surface area contributed by atoms with E-state index in [1.54, 1.807) is 13.8 Å². The molecule has 0 saturated carbocycles. The fraction of sp³-hybridized carbons (Fsp3) is 0.242. The van der Waals surface area contributed by atoms with Crippen molar-refractivity contribution in [3.8, 4) is 29.1 Å². The molecule has 1 heterocycles. The molecule has 1 aliphatic carbocycles. The zero-order valence-corrected chi connectivity index (χ0v) is 23.9. The molecule has 42 heavy (non-hydrogen) atoms. The third-order valence-corrected chi connectivity index (χ3v) is 7.69. The van der Waals surface area contributed by atoms with Crippen LogP contribution < -0.4 is 20.3 Å². The predicted octanol–water partition coefficient (Wildman–Crippen LogP) is 4.30. The summed E-state index contributed by atoms with van der Waals surface area (Å²) in [6, 6.07) is 13.2. The maximum Gasteiger partial charge on any atom is 0.259 e. The fourth-order valence-electron chi connectivity index (χ4n) is 5.47. The van der Waals surface area contributed by atoms with Crippen molar-refractivity contribution in [2.45, 2.75) is 39.7 Å². The van der Waals surface area contributed by atoms with Gasteiger partial charge in [-0.3, -0.25) is 24.7 Å². The Bertz CT molecular complexity index is 1790. The van der Waals surface area contributed by atoms with E-state index in [0.29, 0.717) is 0 Å². The summed E-state index contributed by atoms with van der Waals surface area (Å²) in [5.74, 6) is 3.36. The van der Waals surface area contributed by atoms with E-state index in [1.165, 1.54) is 26.2 Å². The number of ketones is 2. The molecule has 3 aromatic rings. The van der Waals surface area contributed by atoms with Crippen molar-refractivity contribution >= 4 is 28.2 Å². The second kappa shape index (κ2) is 11.1. The van der Waals surface area contributed by atoms with E-state index >= 15 is 0 Å². The predicted molar refractivity (Wildman–Crippen MR) is 156 cm³/mol. The van der Waals surface area contributed by atoms with Gasteiger partial charge in [0.25, 0.3) is 5.91 Å². The topological polar surface area (TPSA) is 123 Å². The third-order valence-electron chi connectivity index (χ3n) is 7.69. The van der Waals surface area contributed by atoms with Crippen LogP contribution in [0.4, 0.5) is 0 Å². The molecular weight excluding hydrogens is 536 g/mol. The average Bonchev–Trinajstić information content (AvgIpc) is 3.27. The van der Waals surface area contributed by atoms with Crippen molar-refractivity contribution < 1.29 is 33.8 Å². The average molecular weight is 567 g/mol. The van der Waals surface area contributed by atoms with Gasteiger partial charge in [0.2, 0.25) is 0 Å². The molecule has 214 valence electrons. The van der Waals surface area contributed by atoms with Gasteiger partial charge in [0.05, 0.1) is 18.2 Å². The molecule has 0 bridgehead atoms. The molecule has 2 aliphatic rings. The Labute approximate surface area is 243 Å². The largest absolute Gasteiger partial charge is 0.507 e. The van der Waals surface area contributed by atoms with Gasteiger partial charge in [0, 0.05) is 24.4 Å². The van der Waals surface area contributed by atoms with E-state index in [9.17, 15) is 19.5 Å². The van der Waals surface area contributed by atoms with E-state index in [-0.39, 0.29) is 58.6 Å². The Balaban J connectivity index is 1.54. The molecule has 3 aromatic carbocycles. The minimum Gasteiger partial charge on any atom is -0.507 e. The summed E-state index contributed by atoms with van der Waals surface area (Å²) in [7, 11) is 1.36. The first-order chi connectivity index (χ1) is 20.1. The van der Waals surface area contributed by atoms with Gasteiger partial charge >= 0.3 is 0 Å². The Morgan fingerprint density at radius 2 is 1.93 bits per heavy atom. The van der Waals surface area contributed by atoms with Gasteiger partial charge in [-0.1, -0.05) is 42.3 Å². The molecule has 0 aromatic heterocycles. The van der Waals surface area contributed by atoms with Gasteiger partial charge in [-0.05, 0) is 49.6 Å². The second-order valence-electron chi connectivity index (χ2n) is 10.2. The van der Waals surface area contributed by atoms with Crippen LogP contribution in [-0.4, -0.2) is 36.3 Å². The molecule has 0 unspecified atom stereocenters. The van der Waals surface area contributed by atoms with Gasteiger partial charge in [-0.15, -0.1) is 5.92 Å². The number of hydrogen-bond acceptors (Lipinski definition) is 8. The van der Waals surface area contributed by atoms with Gasteiger partial charge in [0.1, 0.15) is 34.8 Å². The fourth-order valence-corrected chi connectivity index (χ4v) is 5.47. The highest BCUT2D eigenvalue weighted by atomic mass is 16.6. The van der Waals surface area contributed by atoms with Crippen LogP contribution in [0.15, 0.2) is 65.6 Å². The van der Waals surface area contributed by atoms with Crippen LogP contribution in [0.2, 0.25) is 0 Å². The minimum absolute atomic E-state index is 0.00168. The molecule has 0 spiro atoms. The van der Waals surface area contributed by atoms with Crippen LogP contribution in [-0.2, 0) is 26.4 Å².